The normalized spacial score (nSPS) is 22.2. The molecule has 2 fully saturated rings. The molecule has 2 aliphatic rings. The second kappa shape index (κ2) is 7.73. The van der Waals surface area contributed by atoms with Crippen molar-refractivity contribution in [3.05, 3.63) is 54.1 Å². The summed E-state index contributed by atoms with van der Waals surface area (Å²) in [5, 5.41) is 4.12. The van der Waals surface area contributed by atoms with Crippen molar-refractivity contribution in [3.63, 3.8) is 0 Å². The molecule has 0 bridgehead atoms. The number of halogens is 1. The van der Waals surface area contributed by atoms with Gasteiger partial charge >= 0.3 is 0 Å². The molecule has 1 atom stereocenters. The van der Waals surface area contributed by atoms with Crippen molar-refractivity contribution in [1.29, 1.82) is 0 Å². The standard InChI is InChI=1S/C21H25FN4O2/c22-18-6-2-1-5-17(18)15-24-11-3-8-21(20(24)28)9-14-25(16-21)19(27)7-13-26-12-4-10-23-26/h1-2,4-6,10,12H,3,7-9,11,13-16H2/t21-/m1/s1. The third-order valence-electron chi connectivity index (χ3n) is 5.96. The maximum absolute atomic E-state index is 14.0. The van der Waals surface area contributed by atoms with Crippen LogP contribution in [0.15, 0.2) is 42.7 Å². The Morgan fingerprint density at radius 1 is 1.18 bits per heavy atom. The summed E-state index contributed by atoms with van der Waals surface area (Å²) in [6.07, 6.45) is 6.28. The second-order valence-corrected chi connectivity index (χ2v) is 7.79. The fourth-order valence-electron chi connectivity index (χ4n) is 4.40. The van der Waals surface area contributed by atoms with Gasteiger partial charge in [-0.15, -0.1) is 0 Å². The number of piperidine rings is 1. The molecule has 148 valence electrons. The van der Waals surface area contributed by atoms with Crippen molar-refractivity contribution in [2.75, 3.05) is 19.6 Å². The van der Waals surface area contributed by atoms with E-state index in [1.54, 1.807) is 34.0 Å². The molecule has 2 aliphatic heterocycles. The van der Waals surface area contributed by atoms with E-state index >= 15 is 0 Å². The summed E-state index contributed by atoms with van der Waals surface area (Å²) in [5.74, 6) is -0.160. The van der Waals surface area contributed by atoms with Crippen LogP contribution in [-0.4, -0.2) is 51.0 Å². The van der Waals surface area contributed by atoms with Crippen LogP contribution in [0, 0.1) is 11.2 Å². The molecular formula is C21H25FN4O2. The molecule has 0 radical (unpaired) electrons. The maximum atomic E-state index is 14.0. The first-order valence-electron chi connectivity index (χ1n) is 9.85. The molecule has 1 aromatic heterocycles. The molecule has 6 nitrogen and oxygen atoms in total. The van der Waals surface area contributed by atoms with Crippen molar-refractivity contribution >= 4 is 11.8 Å². The second-order valence-electron chi connectivity index (χ2n) is 7.79. The Kier molecular flexibility index (Phi) is 5.15. The number of likely N-dealkylation sites (tertiary alicyclic amines) is 2. The van der Waals surface area contributed by atoms with Gasteiger partial charge in [-0.05, 0) is 31.4 Å². The van der Waals surface area contributed by atoms with Gasteiger partial charge in [0.25, 0.3) is 0 Å². The molecule has 1 spiro atoms. The molecule has 1 aromatic carbocycles. The summed E-state index contributed by atoms with van der Waals surface area (Å²) < 4.78 is 15.8. The highest BCUT2D eigenvalue weighted by Gasteiger charge is 2.49. The summed E-state index contributed by atoms with van der Waals surface area (Å²) in [6.45, 7) is 2.56. The highest BCUT2D eigenvalue weighted by atomic mass is 19.1. The smallest absolute Gasteiger partial charge is 0.230 e. The van der Waals surface area contributed by atoms with Crippen LogP contribution in [0.2, 0.25) is 0 Å². The number of aryl methyl sites for hydroxylation is 1. The quantitative estimate of drug-likeness (QED) is 0.796. The number of hydrogen-bond donors (Lipinski definition) is 0. The summed E-state index contributed by atoms with van der Waals surface area (Å²) in [4.78, 5) is 29.4. The zero-order valence-electron chi connectivity index (χ0n) is 15.9. The number of carbonyl (C=O) groups excluding carboxylic acids is 2. The minimum absolute atomic E-state index is 0.0596. The lowest BCUT2D eigenvalue weighted by atomic mass is 9.78. The molecule has 3 heterocycles. The fourth-order valence-corrected chi connectivity index (χ4v) is 4.40. The third kappa shape index (κ3) is 3.66. The predicted molar refractivity (Wildman–Crippen MR) is 102 cm³/mol. The van der Waals surface area contributed by atoms with Gasteiger partial charge in [-0.25, -0.2) is 4.39 Å². The third-order valence-corrected chi connectivity index (χ3v) is 5.96. The number of hydrogen-bond acceptors (Lipinski definition) is 3. The molecular weight excluding hydrogens is 359 g/mol. The highest BCUT2D eigenvalue weighted by Crippen LogP contribution is 2.40. The molecule has 4 rings (SSSR count). The van der Waals surface area contributed by atoms with Crippen molar-refractivity contribution in [2.24, 2.45) is 5.41 Å². The molecule has 2 saturated heterocycles. The molecule has 0 aliphatic carbocycles. The highest BCUT2D eigenvalue weighted by molar-refractivity contribution is 5.86. The Balaban J connectivity index is 1.39. The summed E-state index contributed by atoms with van der Waals surface area (Å²) in [6, 6.07) is 8.43. The van der Waals surface area contributed by atoms with Gasteiger partial charge < -0.3 is 9.80 Å². The van der Waals surface area contributed by atoms with Crippen LogP contribution < -0.4 is 0 Å². The minimum atomic E-state index is -0.509. The molecule has 0 unspecified atom stereocenters. The van der Waals surface area contributed by atoms with Crippen molar-refractivity contribution in [2.45, 2.75) is 38.8 Å². The van der Waals surface area contributed by atoms with E-state index in [0.717, 1.165) is 12.8 Å². The largest absolute Gasteiger partial charge is 0.342 e. The zero-order chi connectivity index (χ0) is 19.6. The monoisotopic (exact) mass is 384 g/mol. The average molecular weight is 384 g/mol. The molecule has 7 heteroatoms. The maximum Gasteiger partial charge on any atom is 0.230 e. The van der Waals surface area contributed by atoms with Crippen LogP contribution >= 0.6 is 0 Å². The SMILES string of the molecule is O=C(CCn1cccn1)N1CC[C@]2(CCCN(Cc3ccccc3F)C2=O)C1. The fraction of sp³-hybridized carbons (Fsp3) is 0.476. The number of aromatic nitrogens is 2. The van der Waals surface area contributed by atoms with Gasteiger partial charge in [0.05, 0.1) is 5.41 Å². The van der Waals surface area contributed by atoms with E-state index in [-0.39, 0.29) is 17.6 Å². The first kappa shape index (κ1) is 18.7. The van der Waals surface area contributed by atoms with Crippen molar-refractivity contribution in [1.82, 2.24) is 19.6 Å². The van der Waals surface area contributed by atoms with E-state index in [1.165, 1.54) is 6.07 Å². The number of carbonyl (C=O) groups is 2. The topological polar surface area (TPSA) is 58.4 Å². The molecule has 0 N–H and O–H groups in total. The molecule has 0 saturated carbocycles. The van der Waals surface area contributed by atoms with Gasteiger partial charge in [0, 0.05) is 57.1 Å². The van der Waals surface area contributed by atoms with Crippen LogP contribution in [0.1, 0.15) is 31.2 Å². The van der Waals surface area contributed by atoms with Gasteiger partial charge in [0.1, 0.15) is 5.82 Å². The van der Waals surface area contributed by atoms with E-state index in [9.17, 15) is 14.0 Å². The number of rotatable bonds is 5. The van der Waals surface area contributed by atoms with Crippen molar-refractivity contribution in [3.8, 4) is 0 Å². The van der Waals surface area contributed by atoms with Gasteiger partial charge in [0.2, 0.25) is 11.8 Å². The minimum Gasteiger partial charge on any atom is -0.342 e. The number of nitrogens with zero attached hydrogens (tertiary/aromatic N) is 4. The summed E-state index contributed by atoms with van der Waals surface area (Å²) in [7, 11) is 0. The van der Waals surface area contributed by atoms with Crippen LogP contribution in [0.3, 0.4) is 0 Å². The Morgan fingerprint density at radius 3 is 2.82 bits per heavy atom. The molecule has 2 amide bonds. The first-order chi connectivity index (χ1) is 13.6. The first-order valence-corrected chi connectivity index (χ1v) is 9.85. The Labute approximate surface area is 163 Å². The van der Waals surface area contributed by atoms with Crippen LogP contribution in [0.4, 0.5) is 4.39 Å². The van der Waals surface area contributed by atoms with Gasteiger partial charge in [-0.1, -0.05) is 18.2 Å². The number of benzene rings is 1. The lowest BCUT2D eigenvalue weighted by molar-refractivity contribution is -0.146. The average Bonchev–Trinajstić information content (AvgIpc) is 3.36. The Hall–Kier alpha value is -2.70. The van der Waals surface area contributed by atoms with Crippen LogP contribution in [-0.2, 0) is 22.7 Å². The lowest BCUT2D eigenvalue weighted by Crippen LogP contribution is -2.50. The van der Waals surface area contributed by atoms with Crippen LogP contribution in [0.25, 0.3) is 0 Å². The van der Waals surface area contributed by atoms with E-state index in [1.807, 2.05) is 17.2 Å². The molecule has 2 aromatic rings. The van der Waals surface area contributed by atoms with Gasteiger partial charge in [-0.2, -0.15) is 5.10 Å². The van der Waals surface area contributed by atoms with Gasteiger partial charge in [-0.3, -0.25) is 14.3 Å². The Morgan fingerprint density at radius 2 is 2.04 bits per heavy atom. The number of amides is 2. The van der Waals surface area contributed by atoms with E-state index in [4.69, 9.17) is 0 Å². The van der Waals surface area contributed by atoms with E-state index in [0.29, 0.717) is 51.1 Å². The summed E-state index contributed by atoms with van der Waals surface area (Å²) >= 11 is 0. The van der Waals surface area contributed by atoms with Gasteiger partial charge in [0.15, 0.2) is 0 Å². The Bertz CT molecular complexity index is 854. The predicted octanol–water partition coefficient (Wildman–Crippen LogP) is 2.45. The van der Waals surface area contributed by atoms with E-state index in [2.05, 4.69) is 5.10 Å². The van der Waals surface area contributed by atoms with E-state index < -0.39 is 5.41 Å². The zero-order valence-corrected chi connectivity index (χ0v) is 15.9. The lowest BCUT2D eigenvalue weighted by Gasteiger charge is -2.39. The van der Waals surface area contributed by atoms with Crippen molar-refractivity contribution < 1.29 is 14.0 Å². The summed E-state index contributed by atoms with van der Waals surface area (Å²) in [5.41, 5.74) is 0.0308. The van der Waals surface area contributed by atoms with Crippen LogP contribution in [0.5, 0.6) is 0 Å². The molecule has 28 heavy (non-hydrogen) atoms.